The van der Waals surface area contributed by atoms with Gasteiger partial charge in [-0.3, -0.25) is 0 Å². The molecular formula is C26H35NO5SSi. The fourth-order valence-electron chi connectivity index (χ4n) is 3.88. The van der Waals surface area contributed by atoms with E-state index in [9.17, 15) is 4.79 Å². The third-order valence-electron chi connectivity index (χ3n) is 6.80. The number of benzene rings is 2. The second-order valence-corrected chi connectivity index (χ2v) is 16.3. The predicted octanol–water partition coefficient (Wildman–Crippen LogP) is 5.59. The van der Waals surface area contributed by atoms with Crippen LogP contribution in [0.3, 0.4) is 0 Å². The van der Waals surface area contributed by atoms with Crippen LogP contribution in [0, 0.1) is 0 Å². The highest BCUT2D eigenvalue weighted by atomic mass is 32.2. The van der Waals surface area contributed by atoms with Gasteiger partial charge in [0.15, 0.2) is 14.4 Å². The van der Waals surface area contributed by atoms with Crippen LogP contribution in [-0.4, -0.2) is 50.8 Å². The number of hydrogen-bond donors (Lipinski definition) is 1. The van der Waals surface area contributed by atoms with Crippen molar-refractivity contribution < 1.29 is 23.4 Å². The van der Waals surface area contributed by atoms with Crippen molar-refractivity contribution in [3.05, 3.63) is 66.2 Å². The van der Waals surface area contributed by atoms with Crippen molar-refractivity contribution in [3.8, 4) is 0 Å². The first-order valence-corrected chi connectivity index (χ1v) is 15.6. The minimum atomic E-state index is -2.18. The zero-order valence-electron chi connectivity index (χ0n) is 20.5. The van der Waals surface area contributed by atoms with Crippen molar-refractivity contribution in [2.45, 2.75) is 80.2 Å². The summed E-state index contributed by atoms with van der Waals surface area (Å²) in [5.74, 6) is 0. The van der Waals surface area contributed by atoms with Crippen LogP contribution in [-0.2, 0) is 25.2 Å². The molecule has 2 heterocycles. The first-order valence-electron chi connectivity index (χ1n) is 11.8. The van der Waals surface area contributed by atoms with E-state index in [2.05, 4.69) is 39.2 Å². The largest absolute Gasteiger partial charge is 0.441 e. The van der Waals surface area contributed by atoms with E-state index in [0.717, 1.165) is 10.5 Å². The summed E-state index contributed by atoms with van der Waals surface area (Å²) >= 11 is 1.59. The maximum Gasteiger partial charge on any atom is 0.408 e. The van der Waals surface area contributed by atoms with Gasteiger partial charge in [-0.2, -0.15) is 0 Å². The van der Waals surface area contributed by atoms with Crippen LogP contribution < -0.4 is 5.32 Å². The topological polar surface area (TPSA) is 66.0 Å². The third kappa shape index (κ3) is 5.86. The molecule has 0 unspecified atom stereocenters. The van der Waals surface area contributed by atoms with Crippen molar-refractivity contribution in [2.75, 3.05) is 6.61 Å². The number of fused-ring (bicyclic) bond motifs is 1. The first-order chi connectivity index (χ1) is 16.1. The summed E-state index contributed by atoms with van der Waals surface area (Å²) in [5, 5.41) is 2.97. The maximum atomic E-state index is 12.3. The summed E-state index contributed by atoms with van der Waals surface area (Å²) < 4.78 is 25.3. The molecule has 6 nitrogen and oxygen atoms in total. The standard InChI is InChI=1S/C26H35NO5SSi/c1-26(2,3)34(4,5)32-22-20(17-29-16-18-12-8-6-9-13-18)30-24(21-23(22)31-25(28)27-21)33-19-14-10-7-11-15-19/h6-15,20-24H,16-17H2,1-5H3,(H,27,28)/t20-,21-,22-,23-,24+/m1/s1. The third-order valence-corrected chi connectivity index (χ3v) is 12.5. The van der Waals surface area contributed by atoms with E-state index in [0.29, 0.717) is 13.2 Å². The van der Waals surface area contributed by atoms with Gasteiger partial charge in [0, 0.05) is 4.90 Å². The monoisotopic (exact) mass is 501 g/mol. The molecule has 2 fully saturated rings. The van der Waals surface area contributed by atoms with E-state index in [-0.39, 0.29) is 22.6 Å². The molecule has 0 saturated carbocycles. The van der Waals surface area contributed by atoms with Gasteiger partial charge in [-0.1, -0.05) is 81.1 Å². The highest BCUT2D eigenvalue weighted by Gasteiger charge is 2.55. The van der Waals surface area contributed by atoms with Crippen LogP contribution in [0.5, 0.6) is 0 Å². The second-order valence-electron chi connectivity index (χ2n) is 10.4. The number of carbonyl (C=O) groups excluding carboxylic acids is 1. The van der Waals surface area contributed by atoms with Gasteiger partial charge in [0.25, 0.3) is 0 Å². The second kappa shape index (κ2) is 10.4. The van der Waals surface area contributed by atoms with Crippen molar-refractivity contribution in [1.82, 2.24) is 5.32 Å². The zero-order chi connectivity index (χ0) is 24.3. The van der Waals surface area contributed by atoms with Crippen molar-refractivity contribution >= 4 is 26.2 Å². The number of nitrogens with one attached hydrogen (secondary N) is 1. The molecule has 184 valence electrons. The molecule has 2 aromatic rings. The van der Waals surface area contributed by atoms with Crippen LogP contribution in [0.25, 0.3) is 0 Å². The van der Waals surface area contributed by atoms with Crippen LogP contribution >= 0.6 is 11.8 Å². The van der Waals surface area contributed by atoms with Crippen molar-refractivity contribution in [2.24, 2.45) is 0 Å². The van der Waals surface area contributed by atoms with Crippen molar-refractivity contribution in [3.63, 3.8) is 0 Å². The lowest BCUT2D eigenvalue weighted by molar-refractivity contribution is -0.157. The first kappa shape index (κ1) is 25.3. The van der Waals surface area contributed by atoms with E-state index in [1.54, 1.807) is 11.8 Å². The number of ether oxygens (including phenoxy) is 3. The summed E-state index contributed by atoms with van der Waals surface area (Å²) in [6.07, 6.45) is -1.64. The fraction of sp³-hybridized carbons (Fsp3) is 0.500. The zero-order valence-corrected chi connectivity index (χ0v) is 22.3. The molecule has 0 aromatic heterocycles. The molecule has 4 rings (SSSR count). The summed E-state index contributed by atoms with van der Waals surface area (Å²) in [6, 6.07) is 19.8. The number of amides is 1. The van der Waals surface area contributed by atoms with Gasteiger partial charge in [0.1, 0.15) is 23.7 Å². The number of rotatable bonds is 8. The molecule has 1 N–H and O–H groups in total. The molecular weight excluding hydrogens is 466 g/mol. The number of carbonyl (C=O) groups is 1. The quantitative estimate of drug-likeness (QED) is 0.476. The highest BCUT2D eigenvalue weighted by Crippen LogP contribution is 2.42. The normalized spacial score (nSPS) is 27.1. The van der Waals surface area contributed by atoms with E-state index < -0.39 is 26.6 Å². The maximum absolute atomic E-state index is 12.3. The van der Waals surface area contributed by atoms with Crippen LogP contribution in [0.15, 0.2) is 65.6 Å². The van der Waals surface area contributed by atoms with Crippen molar-refractivity contribution in [1.29, 1.82) is 0 Å². The molecule has 8 heteroatoms. The SMILES string of the molecule is CC(C)(C)[Si](C)(C)O[C@H]1[C@@H]2OC(=O)N[C@H]2[C@H](Sc2ccccc2)O[C@@H]1COCc1ccccc1. The Morgan fingerprint density at radius 2 is 1.68 bits per heavy atom. The minimum Gasteiger partial charge on any atom is -0.441 e. The molecule has 2 aliphatic rings. The summed E-state index contributed by atoms with van der Waals surface area (Å²) in [7, 11) is -2.18. The lowest BCUT2D eigenvalue weighted by Gasteiger charge is -2.47. The Balaban J connectivity index is 1.56. The summed E-state index contributed by atoms with van der Waals surface area (Å²) in [5.41, 5.74) is 0.783. The average Bonchev–Trinajstić information content (AvgIpc) is 3.18. The average molecular weight is 502 g/mol. The lowest BCUT2D eigenvalue weighted by Crippen LogP contribution is -2.62. The van der Waals surface area contributed by atoms with Gasteiger partial charge in [-0.25, -0.2) is 4.79 Å². The Bertz CT molecular complexity index is 953. The molecule has 2 aromatic carbocycles. The molecule has 5 atom stereocenters. The number of alkyl carbamates (subject to hydrolysis) is 1. The van der Waals surface area contributed by atoms with Crippen LogP contribution in [0.4, 0.5) is 4.79 Å². The van der Waals surface area contributed by atoms with E-state index in [4.69, 9.17) is 18.6 Å². The van der Waals surface area contributed by atoms with Gasteiger partial charge >= 0.3 is 6.09 Å². The Morgan fingerprint density at radius 3 is 2.32 bits per heavy atom. The Morgan fingerprint density at radius 1 is 1.03 bits per heavy atom. The Labute approximate surface area is 207 Å². The molecule has 0 spiro atoms. The molecule has 0 bridgehead atoms. The molecule has 34 heavy (non-hydrogen) atoms. The molecule has 1 amide bonds. The highest BCUT2D eigenvalue weighted by molar-refractivity contribution is 7.99. The molecule has 2 aliphatic heterocycles. The Kier molecular flexibility index (Phi) is 7.74. The van der Waals surface area contributed by atoms with Gasteiger partial charge in [-0.15, -0.1) is 0 Å². The number of thioether (sulfide) groups is 1. The van der Waals surface area contributed by atoms with Crippen LogP contribution in [0.1, 0.15) is 26.3 Å². The summed E-state index contributed by atoms with van der Waals surface area (Å²) in [4.78, 5) is 13.4. The van der Waals surface area contributed by atoms with E-state index >= 15 is 0 Å². The van der Waals surface area contributed by atoms with Crippen LogP contribution in [0.2, 0.25) is 18.1 Å². The lowest BCUT2D eigenvalue weighted by atomic mass is 9.99. The Hall–Kier alpha value is -1.84. The fourth-order valence-corrected chi connectivity index (χ4v) is 6.36. The van der Waals surface area contributed by atoms with Gasteiger partial charge in [-0.05, 0) is 35.8 Å². The predicted molar refractivity (Wildman–Crippen MR) is 136 cm³/mol. The number of hydrogen-bond acceptors (Lipinski definition) is 6. The summed E-state index contributed by atoms with van der Waals surface area (Å²) in [6.45, 7) is 11.9. The van der Waals surface area contributed by atoms with Gasteiger partial charge in [0.2, 0.25) is 0 Å². The molecule has 0 radical (unpaired) electrons. The molecule has 2 saturated heterocycles. The molecule has 0 aliphatic carbocycles. The van der Waals surface area contributed by atoms with Gasteiger partial charge < -0.3 is 24.0 Å². The minimum absolute atomic E-state index is 0.00359. The van der Waals surface area contributed by atoms with E-state index in [1.165, 1.54) is 0 Å². The smallest absolute Gasteiger partial charge is 0.408 e. The van der Waals surface area contributed by atoms with E-state index in [1.807, 2.05) is 60.7 Å². The van der Waals surface area contributed by atoms with Gasteiger partial charge in [0.05, 0.1) is 13.2 Å².